The smallest absolute Gasteiger partial charge is 0.359 e. The van der Waals surface area contributed by atoms with Crippen molar-refractivity contribution in [3.05, 3.63) is 71.0 Å². The number of hydrogen-bond donors (Lipinski definition) is 0. The number of hydrogen-bond acceptors (Lipinski definition) is 6. The molecule has 0 aliphatic carbocycles. The van der Waals surface area contributed by atoms with Gasteiger partial charge in [0.15, 0.2) is 5.69 Å². The van der Waals surface area contributed by atoms with Gasteiger partial charge in [-0.1, -0.05) is 17.7 Å². The van der Waals surface area contributed by atoms with Crippen LogP contribution in [0.15, 0.2) is 53.4 Å². The Bertz CT molecular complexity index is 1250. The first kappa shape index (κ1) is 23.0. The van der Waals surface area contributed by atoms with Crippen LogP contribution in [0.25, 0.3) is 5.69 Å². The highest BCUT2D eigenvalue weighted by Gasteiger charge is 2.34. The first-order valence-electron chi connectivity index (χ1n) is 10.9. The molecule has 0 saturated heterocycles. The summed E-state index contributed by atoms with van der Waals surface area (Å²) in [6.07, 6.45) is 0.422. The molecule has 9 heteroatoms. The SMILES string of the molecule is CCOC(=O)c1nn(-c2ccc(C)cc2)c2c1CN(S(=O)(=O)c1ccc(OCC)cc1)CC2. The van der Waals surface area contributed by atoms with Crippen LogP contribution in [0.4, 0.5) is 0 Å². The zero-order valence-electron chi connectivity index (χ0n) is 18.9. The molecule has 0 amide bonds. The second-order valence-corrected chi connectivity index (χ2v) is 9.67. The van der Waals surface area contributed by atoms with Gasteiger partial charge < -0.3 is 9.47 Å². The van der Waals surface area contributed by atoms with Crippen LogP contribution in [0, 0.1) is 6.92 Å². The molecular formula is C24H27N3O5S. The van der Waals surface area contributed by atoms with Crippen LogP contribution in [0.3, 0.4) is 0 Å². The van der Waals surface area contributed by atoms with Crippen molar-refractivity contribution in [3.63, 3.8) is 0 Å². The molecule has 0 N–H and O–H groups in total. The summed E-state index contributed by atoms with van der Waals surface area (Å²) >= 11 is 0. The van der Waals surface area contributed by atoms with Crippen LogP contribution in [-0.4, -0.2) is 48.2 Å². The number of rotatable bonds is 7. The Labute approximate surface area is 193 Å². The van der Waals surface area contributed by atoms with E-state index in [1.807, 2.05) is 38.1 Å². The molecule has 0 spiro atoms. The molecule has 1 aliphatic rings. The van der Waals surface area contributed by atoms with Crippen LogP contribution < -0.4 is 4.74 Å². The summed E-state index contributed by atoms with van der Waals surface area (Å²) in [5, 5.41) is 4.54. The molecule has 0 fully saturated rings. The molecule has 174 valence electrons. The lowest BCUT2D eigenvalue weighted by atomic mass is 10.1. The second-order valence-electron chi connectivity index (χ2n) is 7.73. The highest BCUT2D eigenvalue weighted by atomic mass is 32.2. The first-order chi connectivity index (χ1) is 15.8. The van der Waals surface area contributed by atoms with Crippen molar-refractivity contribution in [1.82, 2.24) is 14.1 Å². The second kappa shape index (κ2) is 9.36. The summed E-state index contributed by atoms with van der Waals surface area (Å²) < 4.78 is 40.4. The lowest BCUT2D eigenvalue weighted by molar-refractivity contribution is 0.0517. The van der Waals surface area contributed by atoms with E-state index in [0.29, 0.717) is 24.3 Å². The summed E-state index contributed by atoms with van der Waals surface area (Å²) in [5.41, 5.74) is 3.47. The minimum absolute atomic E-state index is 0.0465. The highest BCUT2D eigenvalue weighted by molar-refractivity contribution is 7.89. The van der Waals surface area contributed by atoms with Gasteiger partial charge in [0, 0.05) is 25.1 Å². The Morgan fingerprint density at radius 3 is 2.36 bits per heavy atom. The van der Waals surface area contributed by atoms with E-state index in [2.05, 4.69) is 5.10 Å². The van der Waals surface area contributed by atoms with E-state index >= 15 is 0 Å². The van der Waals surface area contributed by atoms with Crippen molar-refractivity contribution >= 4 is 16.0 Å². The normalized spacial score (nSPS) is 14.0. The number of carbonyl (C=O) groups excluding carboxylic acids is 1. The zero-order chi connectivity index (χ0) is 23.6. The maximum atomic E-state index is 13.3. The van der Waals surface area contributed by atoms with Gasteiger partial charge in [-0.25, -0.2) is 17.9 Å². The van der Waals surface area contributed by atoms with Crippen LogP contribution >= 0.6 is 0 Å². The number of esters is 1. The van der Waals surface area contributed by atoms with Crippen molar-refractivity contribution in [2.45, 2.75) is 38.6 Å². The Morgan fingerprint density at radius 2 is 1.73 bits per heavy atom. The van der Waals surface area contributed by atoms with Gasteiger partial charge in [0.05, 0.1) is 29.5 Å². The number of nitrogens with zero attached hydrogens (tertiary/aromatic N) is 3. The fourth-order valence-electron chi connectivity index (χ4n) is 3.89. The Hall–Kier alpha value is -3.17. The summed E-state index contributed by atoms with van der Waals surface area (Å²) in [6, 6.07) is 14.2. The van der Waals surface area contributed by atoms with E-state index in [9.17, 15) is 13.2 Å². The minimum Gasteiger partial charge on any atom is -0.494 e. The van der Waals surface area contributed by atoms with Crippen molar-refractivity contribution in [3.8, 4) is 11.4 Å². The lowest BCUT2D eigenvalue weighted by Gasteiger charge is -2.27. The van der Waals surface area contributed by atoms with E-state index in [1.54, 1.807) is 23.7 Å². The van der Waals surface area contributed by atoms with Gasteiger partial charge in [-0.2, -0.15) is 9.40 Å². The quantitative estimate of drug-likeness (QED) is 0.492. The number of aromatic nitrogens is 2. The number of sulfonamides is 1. The first-order valence-corrected chi connectivity index (χ1v) is 12.4. The molecule has 33 heavy (non-hydrogen) atoms. The molecule has 0 unspecified atom stereocenters. The maximum Gasteiger partial charge on any atom is 0.359 e. The van der Waals surface area contributed by atoms with Gasteiger partial charge in [0.1, 0.15) is 5.75 Å². The molecule has 3 aromatic rings. The number of ether oxygens (including phenoxy) is 2. The monoisotopic (exact) mass is 469 g/mol. The molecule has 0 radical (unpaired) electrons. The summed E-state index contributed by atoms with van der Waals surface area (Å²) in [6.45, 7) is 6.63. The molecule has 0 saturated carbocycles. The number of benzene rings is 2. The molecule has 0 bridgehead atoms. The largest absolute Gasteiger partial charge is 0.494 e. The van der Waals surface area contributed by atoms with E-state index < -0.39 is 16.0 Å². The van der Waals surface area contributed by atoms with E-state index in [4.69, 9.17) is 9.47 Å². The molecule has 4 rings (SSSR count). The van der Waals surface area contributed by atoms with Crippen molar-refractivity contribution in [2.24, 2.45) is 0 Å². The third-order valence-electron chi connectivity index (χ3n) is 5.54. The fraction of sp³-hybridized carbons (Fsp3) is 0.333. The van der Waals surface area contributed by atoms with Crippen LogP contribution in [0.2, 0.25) is 0 Å². The zero-order valence-corrected chi connectivity index (χ0v) is 19.8. The average Bonchev–Trinajstić information content (AvgIpc) is 3.19. The number of carbonyl (C=O) groups is 1. The third-order valence-corrected chi connectivity index (χ3v) is 7.40. The van der Waals surface area contributed by atoms with Gasteiger partial charge in [-0.05, 0) is 57.2 Å². The fourth-order valence-corrected chi connectivity index (χ4v) is 5.29. The average molecular weight is 470 g/mol. The number of aryl methyl sites for hydroxylation is 1. The van der Waals surface area contributed by atoms with Gasteiger partial charge >= 0.3 is 5.97 Å². The summed E-state index contributed by atoms with van der Waals surface area (Å²) in [4.78, 5) is 12.8. The predicted molar refractivity (Wildman–Crippen MR) is 123 cm³/mol. The van der Waals surface area contributed by atoms with Crippen LogP contribution in [-0.2, 0) is 27.7 Å². The van der Waals surface area contributed by atoms with Crippen LogP contribution in [0.5, 0.6) is 5.75 Å². The summed E-state index contributed by atoms with van der Waals surface area (Å²) in [5.74, 6) is 0.0567. The lowest BCUT2D eigenvalue weighted by Crippen LogP contribution is -2.36. The molecule has 2 heterocycles. The van der Waals surface area contributed by atoms with Crippen LogP contribution in [0.1, 0.15) is 41.2 Å². The Balaban J connectivity index is 1.71. The predicted octanol–water partition coefficient (Wildman–Crippen LogP) is 3.50. The van der Waals surface area contributed by atoms with Crippen molar-refractivity contribution in [1.29, 1.82) is 0 Å². The molecule has 1 aromatic heterocycles. The third kappa shape index (κ3) is 4.51. The van der Waals surface area contributed by atoms with Gasteiger partial charge in [-0.3, -0.25) is 0 Å². The maximum absolute atomic E-state index is 13.3. The van der Waals surface area contributed by atoms with Gasteiger partial charge in [-0.15, -0.1) is 0 Å². The van der Waals surface area contributed by atoms with E-state index in [0.717, 1.165) is 16.9 Å². The Kier molecular flexibility index (Phi) is 6.53. The van der Waals surface area contributed by atoms with Crippen molar-refractivity contribution < 1.29 is 22.7 Å². The Morgan fingerprint density at radius 1 is 1.03 bits per heavy atom. The molecule has 8 nitrogen and oxygen atoms in total. The molecule has 2 aromatic carbocycles. The highest BCUT2D eigenvalue weighted by Crippen LogP contribution is 2.30. The number of fused-ring (bicyclic) bond motifs is 1. The van der Waals surface area contributed by atoms with Gasteiger partial charge in [0.25, 0.3) is 0 Å². The standard InChI is InChI=1S/C24H27N3O5S/c1-4-31-19-10-12-20(13-11-19)33(29,30)26-15-14-22-21(16-26)23(24(28)32-5-2)25-27(22)18-8-6-17(3)7-9-18/h6-13H,4-5,14-16H2,1-3H3. The molecular weight excluding hydrogens is 442 g/mol. The van der Waals surface area contributed by atoms with E-state index in [-0.39, 0.29) is 30.3 Å². The summed E-state index contributed by atoms with van der Waals surface area (Å²) in [7, 11) is -3.76. The minimum atomic E-state index is -3.76. The molecule has 0 atom stereocenters. The van der Waals surface area contributed by atoms with E-state index in [1.165, 1.54) is 16.4 Å². The van der Waals surface area contributed by atoms with Crippen molar-refractivity contribution in [2.75, 3.05) is 19.8 Å². The topological polar surface area (TPSA) is 90.7 Å². The van der Waals surface area contributed by atoms with Gasteiger partial charge in [0.2, 0.25) is 10.0 Å². The molecule has 1 aliphatic heterocycles.